The molecule has 74 valence electrons. The van der Waals surface area contributed by atoms with Gasteiger partial charge in [0, 0.05) is 17.4 Å². The van der Waals surface area contributed by atoms with Gasteiger partial charge in [0.1, 0.15) is 5.78 Å². The lowest BCUT2D eigenvalue weighted by atomic mass is 10.1. The van der Waals surface area contributed by atoms with Crippen molar-refractivity contribution in [1.29, 1.82) is 0 Å². The van der Waals surface area contributed by atoms with E-state index in [0.717, 1.165) is 25.7 Å². The zero-order valence-corrected chi connectivity index (χ0v) is 8.36. The minimum Gasteiger partial charge on any atom is -0.300 e. The molecule has 4 heteroatoms. The van der Waals surface area contributed by atoms with E-state index in [-0.39, 0.29) is 11.8 Å². The molecule has 0 aromatic heterocycles. The molecular formula is C9H17N3O. The molecule has 0 saturated carbocycles. The van der Waals surface area contributed by atoms with Crippen LogP contribution in [0.25, 0.3) is 10.4 Å². The predicted octanol–water partition coefficient (Wildman–Crippen LogP) is 3.22. The van der Waals surface area contributed by atoms with E-state index in [1.807, 2.05) is 0 Å². The maximum atomic E-state index is 10.6. The summed E-state index contributed by atoms with van der Waals surface area (Å²) in [5, 5.41) is 3.68. The summed E-state index contributed by atoms with van der Waals surface area (Å²) in [7, 11) is 0. The first-order chi connectivity index (χ1) is 6.20. The Labute approximate surface area is 79.0 Å². The van der Waals surface area contributed by atoms with Crippen LogP contribution in [-0.4, -0.2) is 11.8 Å². The molecule has 0 amide bonds. The first kappa shape index (κ1) is 12.0. The van der Waals surface area contributed by atoms with Crippen LogP contribution in [0.15, 0.2) is 5.11 Å². The molecule has 0 aliphatic rings. The standard InChI is InChI=1S/C9H17N3O/c1-3-5-9(11-12-10)7-4-6-8(2)13/h9H,3-7H2,1-2H3/t9-/m0/s1. The second-order valence-electron chi connectivity index (χ2n) is 3.24. The van der Waals surface area contributed by atoms with Crippen molar-refractivity contribution in [2.24, 2.45) is 5.11 Å². The summed E-state index contributed by atoms with van der Waals surface area (Å²) in [5.74, 6) is 0.205. The van der Waals surface area contributed by atoms with Gasteiger partial charge in [0.05, 0.1) is 0 Å². The van der Waals surface area contributed by atoms with Gasteiger partial charge in [-0.3, -0.25) is 0 Å². The van der Waals surface area contributed by atoms with Gasteiger partial charge in [0.2, 0.25) is 0 Å². The minimum absolute atomic E-state index is 0.0781. The normalized spacial score (nSPS) is 11.8. The highest BCUT2D eigenvalue weighted by molar-refractivity contribution is 5.75. The Morgan fingerprint density at radius 2 is 2.23 bits per heavy atom. The van der Waals surface area contributed by atoms with E-state index >= 15 is 0 Å². The largest absolute Gasteiger partial charge is 0.300 e. The molecule has 0 N–H and O–H groups in total. The maximum Gasteiger partial charge on any atom is 0.129 e. The Morgan fingerprint density at radius 3 is 2.69 bits per heavy atom. The van der Waals surface area contributed by atoms with E-state index in [9.17, 15) is 4.79 Å². The van der Waals surface area contributed by atoms with Crippen LogP contribution in [0.3, 0.4) is 0 Å². The number of hydrogen-bond acceptors (Lipinski definition) is 2. The second kappa shape index (κ2) is 7.62. The van der Waals surface area contributed by atoms with E-state index in [1.165, 1.54) is 0 Å². The number of hydrogen-bond donors (Lipinski definition) is 0. The van der Waals surface area contributed by atoms with Crippen molar-refractivity contribution >= 4 is 5.78 Å². The van der Waals surface area contributed by atoms with Crippen molar-refractivity contribution in [3.63, 3.8) is 0 Å². The molecule has 0 aromatic carbocycles. The van der Waals surface area contributed by atoms with Crippen molar-refractivity contribution in [3.05, 3.63) is 10.4 Å². The predicted molar refractivity (Wildman–Crippen MR) is 52.4 cm³/mol. The van der Waals surface area contributed by atoms with Gasteiger partial charge < -0.3 is 4.79 Å². The average molecular weight is 183 g/mol. The number of carbonyl (C=O) groups excluding carboxylic acids is 1. The molecule has 0 spiro atoms. The molecule has 0 aromatic rings. The van der Waals surface area contributed by atoms with Crippen LogP contribution in [0.2, 0.25) is 0 Å². The van der Waals surface area contributed by atoms with Crippen molar-refractivity contribution in [2.75, 3.05) is 0 Å². The third-order valence-electron chi connectivity index (χ3n) is 1.90. The Kier molecular flexibility index (Phi) is 7.02. The molecular weight excluding hydrogens is 166 g/mol. The molecule has 0 aliphatic carbocycles. The molecule has 0 fully saturated rings. The van der Waals surface area contributed by atoms with E-state index in [1.54, 1.807) is 6.92 Å². The molecule has 0 aliphatic heterocycles. The number of ketones is 1. The lowest BCUT2D eigenvalue weighted by molar-refractivity contribution is -0.117. The number of azide groups is 1. The van der Waals surface area contributed by atoms with Gasteiger partial charge in [0.25, 0.3) is 0 Å². The van der Waals surface area contributed by atoms with Gasteiger partial charge >= 0.3 is 0 Å². The molecule has 0 rings (SSSR count). The fourth-order valence-corrected chi connectivity index (χ4v) is 1.25. The third kappa shape index (κ3) is 7.34. The van der Waals surface area contributed by atoms with Crippen LogP contribution >= 0.6 is 0 Å². The van der Waals surface area contributed by atoms with Crippen LogP contribution < -0.4 is 0 Å². The lowest BCUT2D eigenvalue weighted by Crippen LogP contribution is -2.03. The Balaban J connectivity index is 3.68. The third-order valence-corrected chi connectivity index (χ3v) is 1.90. The zero-order valence-electron chi connectivity index (χ0n) is 8.36. The first-order valence-electron chi connectivity index (χ1n) is 4.74. The summed E-state index contributed by atoms with van der Waals surface area (Å²) in [4.78, 5) is 13.4. The highest BCUT2D eigenvalue weighted by Gasteiger charge is 2.04. The summed E-state index contributed by atoms with van der Waals surface area (Å²) < 4.78 is 0. The monoisotopic (exact) mass is 183 g/mol. The maximum absolute atomic E-state index is 10.6. The zero-order chi connectivity index (χ0) is 10.1. The molecule has 0 unspecified atom stereocenters. The fourth-order valence-electron chi connectivity index (χ4n) is 1.25. The van der Waals surface area contributed by atoms with Crippen LogP contribution in [0.1, 0.15) is 46.0 Å². The van der Waals surface area contributed by atoms with Crippen LogP contribution in [-0.2, 0) is 4.79 Å². The van der Waals surface area contributed by atoms with Crippen molar-refractivity contribution < 1.29 is 4.79 Å². The average Bonchev–Trinajstić information content (AvgIpc) is 2.04. The SMILES string of the molecule is CCC[C@@H](CCCC(C)=O)N=[N+]=[N-]. The summed E-state index contributed by atoms with van der Waals surface area (Å²) in [5.41, 5.74) is 8.26. The minimum atomic E-state index is 0.0781. The van der Waals surface area contributed by atoms with Crippen molar-refractivity contribution in [3.8, 4) is 0 Å². The van der Waals surface area contributed by atoms with Crippen molar-refractivity contribution in [2.45, 2.75) is 52.0 Å². The van der Waals surface area contributed by atoms with E-state index in [0.29, 0.717) is 6.42 Å². The quantitative estimate of drug-likeness (QED) is 0.339. The van der Waals surface area contributed by atoms with E-state index < -0.39 is 0 Å². The second-order valence-corrected chi connectivity index (χ2v) is 3.24. The van der Waals surface area contributed by atoms with E-state index in [4.69, 9.17) is 5.53 Å². The topological polar surface area (TPSA) is 65.8 Å². The van der Waals surface area contributed by atoms with Gasteiger partial charge in [-0.2, -0.15) is 0 Å². The summed E-state index contributed by atoms with van der Waals surface area (Å²) >= 11 is 0. The van der Waals surface area contributed by atoms with Gasteiger partial charge in [-0.05, 0) is 31.7 Å². The number of Topliss-reactive ketones (excluding diaryl/α,β-unsaturated/α-hetero) is 1. The molecule has 1 atom stereocenters. The van der Waals surface area contributed by atoms with Crippen LogP contribution in [0.5, 0.6) is 0 Å². The first-order valence-corrected chi connectivity index (χ1v) is 4.74. The van der Waals surface area contributed by atoms with Crippen LogP contribution in [0, 0.1) is 0 Å². The Hall–Kier alpha value is -1.02. The van der Waals surface area contributed by atoms with Gasteiger partial charge in [0.15, 0.2) is 0 Å². The molecule has 0 heterocycles. The molecule has 0 saturated heterocycles. The Bertz CT molecular complexity index is 197. The number of rotatable bonds is 7. The number of carbonyl (C=O) groups is 1. The summed E-state index contributed by atoms with van der Waals surface area (Å²) in [6.07, 6.45) is 4.20. The lowest BCUT2D eigenvalue weighted by Gasteiger charge is -2.07. The van der Waals surface area contributed by atoms with Gasteiger partial charge in [-0.25, -0.2) is 0 Å². The van der Waals surface area contributed by atoms with Gasteiger partial charge in [-0.1, -0.05) is 18.5 Å². The fraction of sp³-hybridized carbons (Fsp3) is 0.889. The molecule has 13 heavy (non-hydrogen) atoms. The van der Waals surface area contributed by atoms with Gasteiger partial charge in [-0.15, -0.1) is 0 Å². The molecule has 0 bridgehead atoms. The summed E-state index contributed by atoms with van der Waals surface area (Å²) in [6.45, 7) is 3.65. The smallest absolute Gasteiger partial charge is 0.129 e. The highest BCUT2D eigenvalue weighted by atomic mass is 16.1. The Morgan fingerprint density at radius 1 is 1.54 bits per heavy atom. The molecule has 4 nitrogen and oxygen atoms in total. The highest BCUT2D eigenvalue weighted by Crippen LogP contribution is 2.11. The summed E-state index contributed by atoms with van der Waals surface area (Å²) in [6, 6.07) is 0.0781. The number of nitrogens with zero attached hydrogens (tertiary/aromatic N) is 3. The molecule has 0 radical (unpaired) electrons. The van der Waals surface area contributed by atoms with E-state index in [2.05, 4.69) is 16.9 Å². The van der Waals surface area contributed by atoms with Crippen molar-refractivity contribution in [1.82, 2.24) is 0 Å². The van der Waals surface area contributed by atoms with Crippen LogP contribution in [0.4, 0.5) is 0 Å².